The Balaban J connectivity index is 0.000000219. The lowest BCUT2D eigenvalue weighted by atomic mass is 10.2. The van der Waals surface area contributed by atoms with E-state index in [4.69, 9.17) is 10.2 Å². The molecule has 1 aliphatic heterocycles. The summed E-state index contributed by atoms with van der Waals surface area (Å²) >= 11 is 0. The highest BCUT2D eigenvalue weighted by atomic mass is 16.4. The fraction of sp³-hybridized carbons (Fsp3) is 0.182. The topological polar surface area (TPSA) is 98.7 Å². The Morgan fingerprint density at radius 3 is 1.21 bits per heavy atom. The number of aliphatic carboxylic acids is 2. The van der Waals surface area contributed by atoms with Gasteiger partial charge in [0.1, 0.15) is 0 Å². The van der Waals surface area contributed by atoms with E-state index in [0.29, 0.717) is 0 Å². The van der Waals surface area contributed by atoms with Gasteiger partial charge in [0.25, 0.3) is 0 Å². The van der Waals surface area contributed by atoms with Crippen LogP contribution in [-0.4, -0.2) is 48.3 Å². The molecule has 2 aromatic rings. The Morgan fingerprint density at radius 2 is 0.964 bits per heavy atom. The SMILES string of the molecule is C1CNCCN1.O=C(O)C=Cc1ccccc1.O=C(O)C=Cc1ccccc1. The standard InChI is InChI=1S/2C9H8O2.C4H10N2/c2*10-9(11)7-6-8-4-2-1-3-5-8;1-2-6-4-3-5-1/h2*1-7H,(H,10,11);5-6H,1-4H2. The van der Waals surface area contributed by atoms with Gasteiger partial charge < -0.3 is 20.8 Å². The van der Waals surface area contributed by atoms with Gasteiger partial charge >= 0.3 is 11.9 Å². The highest BCUT2D eigenvalue weighted by Crippen LogP contribution is 2.00. The maximum Gasteiger partial charge on any atom is 0.328 e. The van der Waals surface area contributed by atoms with E-state index >= 15 is 0 Å². The average Bonchev–Trinajstić information content (AvgIpc) is 2.74. The molecular weight excluding hydrogens is 356 g/mol. The van der Waals surface area contributed by atoms with E-state index in [9.17, 15) is 9.59 Å². The van der Waals surface area contributed by atoms with Gasteiger partial charge in [0.15, 0.2) is 0 Å². The van der Waals surface area contributed by atoms with Crippen molar-refractivity contribution in [3.8, 4) is 0 Å². The fourth-order valence-corrected chi connectivity index (χ4v) is 2.07. The van der Waals surface area contributed by atoms with Gasteiger partial charge in [-0.15, -0.1) is 0 Å². The molecule has 0 aliphatic carbocycles. The summed E-state index contributed by atoms with van der Waals surface area (Å²) in [7, 11) is 0. The van der Waals surface area contributed by atoms with Crippen molar-refractivity contribution in [1.29, 1.82) is 0 Å². The van der Waals surface area contributed by atoms with E-state index in [0.717, 1.165) is 49.5 Å². The molecule has 4 N–H and O–H groups in total. The lowest BCUT2D eigenvalue weighted by Gasteiger charge is -2.11. The fourth-order valence-electron chi connectivity index (χ4n) is 2.07. The van der Waals surface area contributed by atoms with Crippen LogP contribution in [0.1, 0.15) is 11.1 Å². The van der Waals surface area contributed by atoms with Crippen molar-refractivity contribution in [1.82, 2.24) is 10.6 Å². The summed E-state index contributed by atoms with van der Waals surface area (Å²) in [5, 5.41) is 23.0. The molecular formula is C22H26N2O4. The number of hydrogen-bond donors (Lipinski definition) is 4. The lowest BCUT2D eigenvalue weighted by Crippen LogP contribution is -2.39. The lowest BCUT2D eigenvalue weighted by molar-refractivity contribution is -0.132. The molecule has 0 atom stereocenters. The minimum absolute atomic E-state index is 0.898. The summed E-state index contributed by atoms with van der Waals surface area (Å²) in [6.07, 6.45) is 5.36. The molecule has 0 radical (unpaired) electrons. The van der Waals surface area contributed by atoms with E-state index in [-0.39, 0.29) is 0 Å². The Hall–Kier alpha value is -3.22. The highest BCUT2D eigenvalue weighted by molar-refractivity contribution is 5.85. The van der Waals surface area contributed by atoms with Crippen LogP contribution in [0.5, 0.6) is 0 Å². The molecule has 1 fully saturated rings. The third kappa shape index (κ3) is 13.0. The molecule has 3 rings (SSSR count). The minimum Gasteiger partial charge on any atom is -0.478 e. The van der Waals surface area contributed by atoms with Gasteiger partial charge in [0.2, 0.25) is 0 Å². The third-order valence-electron chi connectivity index (χ3n) is 3.39. The largest absolute Gasteiger partial charge is 0.478 e. The van der Waals surface area contributed by atoms with Gasteiger partial charge in [-0.2, -0.15) is 0 Å². The van der Waals surface area contributed by atoms with Crippen LogP contribution in [0, 0.1) is 0 Å². The van der Waals surface area contributed by atoms with Crippen LogP contribution in [0.25, 0.3) is 12.2 Å². The zero-order chi connectivity index (χ0) is 20.5. The zero-order valence-corrected chi connectivity index (χ0v) is 15.6. The second kappa shape index (κ2) is 14.9. The maximum absolute atomic E-state index is 10.1. The van der Waals surface area contributed by atoms with E-state index in [1.807, 2.05) is 60.7 Å². The first-order chi connectivity index (χ1) is 13.6. The average molecular weight is 382 g/mol. The number of piperazine rings is 1. The number of carboxylic acids is 2. The summed E-state index contributed by atoms with van der Waals surface area (Å²) in [4.78, 5) is 20.2. The summed E-state index contributed by atoms with van der Waals surface area (Å²) in [5.41, 5.74) is 1.80. The molecule has 1 saturated heterocycles. The van der Waals surface area contributed by atoms with Gasteiger partial charge in [-0.05, 0) is 23.3 Å². The van der Waals surface area contributed by atoms with Crippen LogP contribution in [0.2, 0.25) is 0 Å². The quantitative estimate of drug-likeness (QED) is 0.607. The van der Waals surface area contributed by atoms with Gasteiger partial charge in [-0.25, -0.2) is 9.59 Å². The number of rotatable bonds is 4. The summed E-state index contributed by atoms with van der Waals surface area (Å²) in [6.45, 7) is 4.56. The zero-order valence-electron chi connectivity index (χ0n) is 15.6. The molecule has 0 amide bonds. The van der Waals surface area contributed by atoms with Crippen molar-refractivity contribution < 1.29 is 19.8 Å². The summed E-state index contributed by atoms with van der Waals surface area (Å²) in [6, 6.07) is 18.6. The number of nitrogens with one attached hydrogen (secondary N) is 2. The van der Waals surface area contributed by atoms with Crippen LogP contribution >= 0.6 is 0 Å². The smallest absolute Gasteiger partial charge is 0.328 e. The Bertz CT molecular complexity index is 669. The van der Waals surface area contributed by atoms with Gasteiger partial charge in [-0.3, -0.25) is 0 Å². The molecule has 0 spiro atoms. The second-order valence-electron chi connectivity index (χ2n) is 5.66. The van der Waals surface area contributed by atoms with Crippen molar-refractivity contribution in [3.05, 3.63) is 83.9 Å². The van der Waals surface area contributed by atoms with Crippen LogP contribution in [-0.2, 0) is 9.59 Å². The highest BCUT2D eigenvalue weighted by Gasteiger charge is 1.91. The minimum atomic E-state index is -0.922. The van der Waals surface area contributed by atoms with E-state index in [1.165, 1.54) is 0 Å². The molecule has 1 aliphatic rings. The predicted molar refractivity (Wildman–Crippen MR) is 112 cm³/mol. The maximum atomic E-state index is 10.1. The molecule has 148 valence electrons. The van der Waals surface area contributed by atoms with Crippen molar-refractivity contribution >= 4 is 24.1 Å². The molecule has 1 heterocycles. The number of benzene rings is 2. The van der Waals surface area contributed by atoms with Crippen LogP contribution < -0.4 is 10.6 Å². The van der Waals surface area contributed by atoms with Crippen molar-refractivity contribution in [2.75, 3.05) is 26.2 Å². The van der Waals surface area contributed by atoms with E-state index in [2.05, 4.69) is 10.6 Å². The number of carboxylic acid groups (broad SMARTS) is 2. The Kier molecular flexibility index (Phi) is 12.1. The van der Waals surface area contributed by atoms with Crippen LogP contribution in [0.15, 0.2) is 72.8 Å². The molecule has 0 saturated carbocycles. The number of hydrogen-bond acceptors (Lipinski definition) is 4. The van der Waals surface area contributed by atoms with Crippen LogP contribution in [0.4, 0.5) is 0 Å². The summed E-state index contributed by atoms with van der Waals surface area (Å²) in [5.74, 6) is -1.84. The normalized spacial score (nSPS) is 13.1. The Labute approximate surface area is 165 Å². The molecule has 6 heteroatoms. The second-order valence-corrected chi connectivity index (χ2v) is 5.66. The molecule has 6 nitrogen and oxygen atoms in total. The van der Waals surface area contributed by atoms with Gasteiger partial charge in [0.05, 0.1) is 0 Å². The van der Waals surface area contributed by atoms with Crippen molar-refractivity contribution in [2.45, 2.75) is 0 Å². The van der Waals surface area contributed by atoms with Gasteiger partial charge in [-0.1, -0.05) is 60.7 Å². The molecule has 0 unspecified atom stereocenters. The molecule has 0 aromatic heterocycles. The predicted octanol–water partition coefficient (Wildman–Crippen LogP) is 2.75. The monoisotopic (exact) mass is 382 g/mol. The first-order valence-corrected chi connectivity index (χ1v) is 8.91. The molecule has 2 aromatic carbocycles. The molecule has 0 bridgehead atoms. The first-order valence-electron chi connectivity index (χ1n) is 8.91. The Morgan fingerprint density at radius 1 is 0.643 bits per heavy atom. The third-order valence-corrected chi connectivity index (χ3v) is 3.39. The van der Waals surface area contributed by atoms with E-state index in [1.54, 1.807) is 12.2 Å². The summed E-state index contributed by atoms with van der Waals surface area (Å²) < 4.78 is 0. The molecule has 28 heavy (non-hydrogen) atoms. The van der Waals surface area contributed by atoms with Crippen molar-refractivity contribution in [3.63, 3.8) is 0 Å². The van der Waals surface area contributed by atoms with Crippen LogP contribution in [0.3, 0.4) is 0 Å². The number of carbonyl (C=O) groups is 2. The van der Waals surface area contributed by atoms with Gasteiger partial charge in [0, 0.05) is 38.3 Å². The van der Waals surface area contributed by atoms with Crippen molar-refractivity contribution in [2.24, 2.45) is 0 Å². The van der Waals surface area contributed by atoms with E-state index < -0.39 is 11.9 Å². The first kappa shape index (κ1) is 22.8.